The molecule has 0 aromatic heterocycles. The van der Waals surface area contributed by atoms with Gasteiger partial charge < -0.3 is 10.0 Å². The Hall–Kier alpha value is -2.17. The van der Waals surface area contributed by atoms with Gasteiger partial charge in [-0.1, -0.05) is 29.3 Å². The highest BCUT2D eigenvalue weighted by molar-refractivity contribution is 6.33. The molecule has 0 spiro atoms. The second-order valence-corrected chi connectivity index (χ2v) is 6.46. The number of aliphatic imine (C=N–C) groups is 1. The lowest BCUT2D eigenvalue weighted by atomic mass is 9.87. The van der Waals surface area contributed by atoms with Gasteiger partial charge in [-0.2, -0.15) is 0 Å². The molecule has 0 bridgehead atoms. The molecule has 1 fully saturated rings. The largest absolute Gasteiger partial charge is 0.374 e. The first-order valence-corrected chi connectivity index (χ1v) is 7.87. The van der Waals surface area contributed by atoms with Crippen LogP contribution >= 0.6 is 11.6 Å². The molecular formula is C18H15ClN2O2. The summed E-state index contributed by atoms with van der Waals surface area (Å²) < 4.78 is 0. The van der Waals surface area contributed by atoms with Crippen molar-refractivity contribution >= 4 is 34.6 Å². The van der Waals surface area contributed by atoms with E-state index in [1.165, 1.54) is 0 Å². The van der Waals surface area contributed by atoms with Gasteiger partial charge in [0.2, 0.25) is 5.78 Å². The first-order valence-electron chi connectivity index (χ1n) is 7.49. The number of aliphatic hydroxyl groups is 1. The predicted octanol–water partition coefficient (Wildman–Crippen LogP) is 3.52. The summed E-state index contributed by atoms with van der Waals surface area (Å²) in [6.07, 6.45) is 0.324. The summed E-state index contributed by atoms with van der Waals surface area (Å²) in [4.78, 5) is 19.3. The van der Waals surface area contributed by atoms with Gasteiger partial charge in [0, 0.05) is 29.2 Å². The quantitative estimate of drug-likeness (QED) is 0.872. The number of fused-ring (bicyclic) bond motifs is 2. The topological polar surface area (TPSA) is 52.9 Å². The Morgan fingerprint density at radius 2 is 1.96 bits per heavy atom. The van der Waals surface area contributed by atoms with Crippen molar-refractivity contribution in [1.82, 2.24) is 0 Å². The van der Waals surface area contributed by atoms with E-state index < -0.39 is 5.60 Å². The molecule has 2 aliphatic rings. The molecule has 0 radical (unpaired) electrons. The molecule has 23 heavy (non-hydrogen) atoms. The van der Waals surface area contributed by atoms with Gasteiger partial charge in [0.1, 0.15) is 5.84 Å². The van der Waals surface area contributed by atoms with Crippen LogP contribution in [0.2, 0.25) is 5.02 Å². The van der Waals surface area contributed by atoms with E-state index in [1.807, 2.05) is 36.1 Å². The minimum Gasteiger partial charge on any atom is -0.374 e. The predicted molar refractivity (Wildman–Crippen MR) is 91.0 cm³/mol. The zero-order chi connectivity index (χ0) is 16.2. The molecule has 1 N–H and O–H groups in total. The van der Waals surface area contributed by atoms with Gasteiger partial charge in [0.05, 0.1) is 5.69 Å². The zero-order valence-corrected chi connectivity index (χ0v) is 13.3. The minimum absolute atomic E-state index is 0.324. The number of carbonyl (C=O) groups excluding carboxylic acids is 1. The SMILES string of the molecule is Cc1ccc(N2CCC3(O)C(=O)c4cc(Cl)ccc4N=C23)cc1. The van der Waals surface area contributed by atoms with Crippen LogP contribution in [0.1, 0.15) is 22.3 Å². The highest BCUT2D eigenvalue weighted by atomic mass is 35.5. The van der Waals surface area contributed by atoms with Crippen LogP contribution in [0.3, 0.4) is 0 Å². The average Bonchev–Trinajstić information content (AvgIpc) is 2.88. The minimum atomic E-state index is -1.57. The van der Waals surface area contributed by atoms with Crippen LogP contribution in [0, 0.1) is 6.92 Å². The number of carbonyl (C=O) groups is 1. The molecule has 0 aliphatic carbocycles. The van der Waals surface area contributed by atoms with E-state index in [2.05, 4.69) is 4.99 Å². The van der Waals surface area contributed by atoms with Crippen molar-refractivity contribution in [1.29, 1.82) is 0 Å². The van der Waals surface area contributed by atoms with Gasteiger partial charge in [-0.25, -0.2) is 4.99 Å². The third-order valence-corrected chi connectivity index (χ3v) is 4.71. The van der Waals surface area contributed by atoms with Crippen molar-refractivity contribution in [2.24, 2.45) is 4.99 Å². The molecule has 2 heterocycles. The maximum Gasteiger partial charge on any atom is 0.204 e. The lowest BCUT2D eigenvalue weighted by Crippen LogP contribution is -2.48. The molecule has 0 saturated carbocycles. The number of ketones is 1. The van der Waals surface area contributed by atoms with Crippen molar-refractivity contribution in [3.8, 4) is 0 Å². The number of halogens is 1. The fraction of sp³-hybridized carbons (Fsp3) is 0.222. The molecule has 1 unspecified atom stereocenters. The number of rotatable bonds is 1. The van der Waals surface area contributed by atoms with Crippen molar-refractivity contribution in [3.05, 3.63) is 58.6 Å². The Balaban J connectivity index is 1.85. The Kier molecular flexibility index (Phi) is 3.08. The van der Waals surface area contributed by atoms with E-state index in [-0.39, 0.29) is 5.78 Å². The fourth-order valence-corrected chi connectivity index (χ4v) is 3.36. The van der Waals surface area contributed by atoms with Crippen molar-refractivity contribution in [2.45, 2.75) is 18.9 Å². The number of hydrogen-bond acceptors (Lipinski definition) is 4. The van der Waals surface area contributed by atoms with Crippen LogP contribution in [-0.4, -0.2) is 28.9 Å². The third-order valence-electron chi connectivity index (χ3n) is 4.47. The summed E-state index contributed by atoms with van der Waals surface area (Å²) in [5.41, 5.74) is 1.45. The van der Waals surface area contributed by atoms with Crippen molar-refractivity contribution in [2.75, 3.05) is 11.4 Å². The van der Waals surface area contributed by atoms with E-state index in [9.17, 15) is 9.90 Å². The first-order chi connectivity index (χ1) is 11.0. The Morgan fingerprint density at radius 3 is 2.70 bits per heavy atom. The smallest absolute Gasteiger partial charge is 0.204 e. The fourth-order valence-electron chi connectivity index (χ4n) is 3.18. The number of hydrogen-bond donors (Lipinski definition) is 1. The summed E-state index contributed by atoms with van der Waals surface area (Å²) in [5, 5.41) is 11.4. The van der Waals surface area contributed by atoms with Crippen LogP contribution in [-0.2, 0) is 0 Å². The van der Waals surface area contributed by atoms with Crippen LogP contribution in [0.5, 0.6) is 0 Å². The normalized spacial score (nSPS) is 22.7. The highest BCUT2D eigenvalue weighted by Gasteiger charge is 2.52. The van der Waals surface area contributed by atoms with Crippen LogP contribution < -0.4 is 4.90 Å². The van der Waals surface area contributed by atoms with Gasteiger partial charge in [-0.15, -0.1) is 0 Å². The lowest BCUT2D eigenvalue weighted by molar-refractivity contribution is 0.0602. The standard InChI is InChI=1S/C18H15ClN2O2/c1-11-2-5-13(6-3-11)21-9-8-18(23)16(22)14-10-12(19)4-7-15(14)20-17(18)21/h2-7,10,23H,8-9H2,1H3. The van der Waals surface area contributed by atoms with E-state index in [1.54, 1.807) is 18.2 Å². The van der Waals surface area contributed by atoms with Crippen molar-refractivity contribution < 1.29 is 9.90 Å². The molecular weight excluding hydrogens is 312 g/mol. The number of aryl methyl sites for hydroxylation is 1. The number of benzene rings is 2. The number of nitrogens with zero attached hydrogens (tertiary/aromatic N) is 2. The Labute approximate surface area is 139 Å². The van der Waals surface area contributed by atoms with Gasteiger partial charge in [-0.05, 0) is 37.3 Å². The molecule has 2 aromatic rings. The number of Topliss-reactive ketones (excluding diaryl/α,β-unsaturated/α-hetero) is 1. The van der Waals surface area contributed by atoms with Gasteiger partial charge >= 0.3 is 0 Å². The second-order valence-electron chi connectivity index (χ2n) is 6.02. The molecule has 2 aliphatic heterocycles. The monoisotopic (exact) mass is 326 g/mol. The molecule has 4 rings (SSSR count). The highest BCUT2D eigenvalue weighted by Crippen LogP contribution is 2.40. The Bertz CT molecular complexity index is 845. The van der Waals surface area contributed by atoms with Crippen LogP contribution in [0.25, 0.3) is 0 Å². The van der Waals surface area contributed by atoms with Crippen molar-refractivity contribution in [3.63, 3.8) is 0 Å². The maximum atomic E-state index is 12.8. The number of amidine groups is 1. The summed E-state index contributed by atoms with van der Waals surface area (Å²) >= 11 is 5.98. The molecule has 4 nitrogen and oxygen atoms in total. The summed E-state index contributed by atoms with van der Waals surface area (Å²) in [5.74, 6) is 0.0794. The summed E-state index contributed by atoms with van der Waals surface area (Å²) in [7, 11) is 0. The molecule has 1 atom stereocenters. The van der Waals surface area contributed by atoms with Crippen LogP contribution in [0.4, 0.5) is 11.4 Å². The average molecular weight is 327 g/mol. The maximum absolute atomic E-state index is 12.8. The van der Waals surface area contributed by atoms with Gasteiger partial charge in [0.15, 0.2) is 5.60 Å². The summed E-state index contributed by atoms with van der Waals surface area (Å²) in [6.45, 7) is 2.57. The lowest BCUT2D eigenvalue weighted by Gasteiger charge is -2.29. The zero-order valence-electron chi connectivity index (χ0n) is 12.6. The van der Waals surface area contributed by atoms with E-state index in [0.717, 1.165) is 11.3 Å². The van der Waals surface area contributed by atoms with Gasteiger partial charge in [-0.3, -0.25) is 4.79 Å². The number of anilines is 1. The molecule has 1 saturated heterocycles. The van der Waals surface area contributed by atoms with E-state index in [0.29, 0.717) is 35.1 Å². The van der Waals surface area contributed by atoms with Gasteiger partial charge in [0.25, 0.3) is 0 Å². The van der Waals surface area contributed by atoms with E-state index >= 15 is 0 Å². The third kappa shape index (κ3) is 2.10. The molecule has 5 heteroatoms. The summed E-state index contributed by atoms with van der Waals surface area (Å²) in [6, 6.07) is 13.0. The van der Waals surface area contributed by atoms with E-state index in [4.69, 9.17) is 11.6 Å². The molecule has 0 amide bonds. The molecule has 116 valence electrons. The second kappa shape index (κ2) is 4.91. The first kappa shape index (κ1) is 14.4. The van der Waals surface area contributed by atoms with Crippen LogP contribution in [0.15, 0.2) is 47.5 Å². The molecule has 2 aromatic carbocycles. The Morgan fingerprint density at radius 1 is 1.22 bits per heavy atom.